The molecule has 2 aromatic heterocycles. The number of amides is 1. The van der Waals surface area contributed by atoms with E-state index >= 15 is 0 Å². The Hall–Kier alpha value is -2.41. The van der Waals surface area contributed by atoms with Gasteiger partial charge < -0.3 is 10.7 Å². The van der Waals surface area contributed by atoms with Crippen LogP contribution in [-0.2, 0) is 13.5 Å². The lowest BCUT2D eigenvalue weighted by molar-refractivity contribution is 0.102. The molecule has 0 atom stereocenters. The molecule has 7 heteroatoms. The van der Waals surface area contributed by atoms with E-state index in [9.17, 15) is 4.79 Å². The summed E-state index contributed by atoms with van der Waals surface area (Å²) in [6.45, 7) is 1.98. The number of rotatable bonds is 4. The average molecular weight is 260 g/mol. The fourth-order valence-electron chi connectivity index (χ4n) is 1.79. The van der Waals surface area contributed by atoms with E-state index in [-0.39, 0.29) is 5.91 Å². The molecule has 1 amide bonds. The second kappa shape index (κ2) is 5.49. The highest BCUT2D eigenvalue weighted by Gasteiger charge is 2.14. The second-order valence-corrected chi connectivity index (χ2v) is 4.04. The normalized spacial score (nSPS) is 10.3. The van der Waals surface area contributed by atoms with E-state index in [4.69, 9.17) is 5.84 Å². The first-order chi connectivity index (χ1) is 9.15. The van der Waals surface area contributed by atoms with Crippen molar-refractivity contribution in [1.29, 1.82) is 0 Å². The second-order valence-electron chi connectivity index (χ2n) is 4.04. The van der Waals surface area contributed by atoms with Crippen LogP contribution >= 0.6 is 0 Å². The van der Waals surface area contributed by atoms with Crippen molar-refractivity contribution in [2.75, 3.05) is 10.7 Å². The molecule has 0 spiro atoms. The summed E-state index contributed by atoms with van der Waals surface area (Å²) in [6, 6.07) is 1.64. The quantitative estimate of drug-likeness (QED) is 0.561. The van der Waals surface area contributed by atoms with Crippen molar-refractivity contribution in [2.24, 2.45) is 12.9 Å². The van der Waals surface area contributed by atoms with Gasteiger partial charge in [-0.05, 0) is 12.5 Å². The zero-order valence-electron chi connectivity index (χ0n) is 10.8. The molecule has 0 radical (unpaired) electrons. The maximum atomic E-state index is 12.2. The molecule has 0 aromatic carbocycles. The number of carbonyl (C=O) groups is 1. The van der Waals surface area contributed by atoms with Crippen LogP contribution in [0.4, 0.5) is 11.4 Å². The van der Waals surface area contributed by atoms with Gasteiger partial charge in [-0.2, -0.15) is 5.10 Å². The molecule has 0 saturated carbocycles. The summed E-state index contributed by atoms with van der Waals surface area (Å²) < 4.78 is 1.67. The number of hydrogen-bond acceptors (Lipinski definition) is 5. The van der Waals surface area contributed by atoms with E-state index in [1.807, 2.05) is 14.0 Å². The van der Waals surface area contributed by atoms with Crippen LogP contribution in [0.3, 0.4) is 0 Å². The van der Waals surface area contributed by atoms with E-state index in [1.165, 1.54) is 6.20 Å². The molecule has 0 unspecified atom stereocenters. The Bertz CT molecular complexity index is 592. The number of hydrogen-bond donors (Lipinski definition) is 3. The van der Waals surface area contributed by atoms with E-state index in [0.29, 0.717) is 16.9 Å². The smallest absolute Gasteiger partial charge is 0.259 e. The van der Waals surface area contributed by atoms with Crippen molar-refractivity contribution in [2.45, 2.75) is 13.3 Å². The lowest BCUT2D eigenvalue weighted by atomic mass is 10.2. The molecule has 0 fully saturated rings. The highest BCUT2D eigenvalue weighted by molar-refractivity contribution is 6.07. The number of aryl methyl sites for hydroxylation is 2. The molecule has 0 aliphatic carbocycles. The Labute approximate surface area is 110 Å². The first kappa shape index (κ1) is 13.0. The van der Waals surface area contributed by atoms with Crippen LogP contribution in [0.5, 0.6) is 0 Å². The first-order valence-corrected chi connectivity index (χ1v) is 5.90. The Balaban J connectivity index is 2.25. The van der Waals surface area contributed by atoms with Gasteiger partial charge in [0.15, 0.2) is 0 Å². The number of carbonyl (C=O) groups excluding carboxylic acids is 1. The van der Waals surface area contributed by atoms with E-state index in [0.717, 1.165) is 12.1 Å². The largest absolute Gasteiger partial charge is 0.323 e. The number of nitrogens with zero attached hydrogens (tertiary/aromatic N) is 3. The highest BCUT2D eigenvalue weighted by atomic mass is 16.1. The maximum absolute atomic E-state index is 12.2. The molecule has 0 aliphatic heterocycles. The molecule has 2 heterocycles. The van der Waals surface area contributed by atoms with Crippen LogP contribution < -0.4 is 16.6 Å². The number of nitrogens with two attached hydrogens (primary N) is 1. The van der Waals surface area contributed by atoms with Crippen LogP contribution in [0, 0.1) is 0 Å². The molecular formula is C12H16N6O. The predicted octanol–water partition coefficient (Wildman–Crippen LogP) is 0.915. The number of hydrazine groups is 1. The van der Waals surface area contributed by atoms with Crippen molar-refractivity contribution in [3.05, 3.63) is 35.9 Å². The summed E-state index contributed by atoms with van der Waals surface area (Å²) in [7, 11) is 1.81. The van der Waals surface area contributed by atoms with Gasteiger partial charge in [-0.25, -0.2) is 0 Å². The Morgan fingerprint density at radius 2 is 2.26 bits per heavy atom. The van der Waals surface area contributed by atoms with Gasteiger partial charge in [0.2, 0.25) is 0 Å². The SMILES string of the molecule is CCc1nn(C)cc1NC(=O)c1cnccc1NN. The van der Waals surface area contributed by atoms with Crippen LogP contribution in [-0.4, -0.2) is 20.7 Å². The minimum atomic E-state index is -0.274. The zero-order chi connectivity index (χ0) is 13.8. The first-order valence-electron chi connectivity index (χ1n) is 5.90. The number of nitrogens with one attached hydrogen (secondary N) is 2. The molecule has 0 bridgehead atoms. The summed E-state index contributed by atoms with van der Waals surface area (Å²) in [5, 5.41) is 7.08. The van der Waals surface area contributed by atoms with Gasteiger partial charge in [0.25, 0.3) is 5.91 Å². The Morgan fingerprint density at radius 1 is 1.47 bits per heavy atom. The monoisotopic (exact) mass is 260 g/mol. The molecule has 0 saturated heterocycles. The van der Waals surface area contributed by atoms with Gasteiger partial charge in [0.1, 0.15) is 0 Å². The standard InChI is InChI=1S/C12H16N6O/c1-3-9-11(7-18(2)17-9)15-12(19)8-6-14-5-4-10(8)16-13/h4-7H,3,13H2,1-2H3,(H,14,16)(H,15,19). The van der Waals surface area contributed by atoms with Crippen molar-refractivity contribution in [3.8, 4) is 0 Å². The molecule has 0 aliphatic rings. The van der Waals surface area contributed by atoms with E-state index in [2.05, 4.69) is 20.8 Å². The summed E-state index contributed by atoms with van der Waals surface area (Å²) >= 11 is 0. The molecular weight excluding hydrogens is 244 g/mol. The molecule has 2 aromatic rings. The van der Waals surface area contributed by atoms with Crippen molar-refractivity contribution >= 4 is 17.3 Å². The third-order valence-corrected chi connectivity index (χ3v) is 2.71. The van der Waals surface area contributed by atoms with E-state index in [1.54, 1.807) is 23.1 Å². The molecule has 7 nitrogen and oxygen atoms in total. The number of anilines is 2. The van der Waals surface area contributed by atoms with Gasteiger partial charge in [-0.3, -0.25) is 20.3 Å². The van der Waals surface area contributed by atoms with Crippen LogP contribution in [0.15, 0.2) is 24.7 Å². The lowest BCUT2D eigenvalue weighted by Crippen LogP contribution is -2.17. The minimum absolute atomic E-state index is 0.274. The summed E-state index contributed by atoms with van der Waals surface area (Å²) in [6.07, 6.45) is 5.54. The highest BCUT2D eigenvalue weighted by Crippen LogP contribution is 2.18. The summed E-state index contributed by atoms with van der Waals surface area (Å²) in [5.74, 6) is 5.09. The molecule has 19 heavy (non-hydrogen) atoms. The minimum Gasteiger partial charge on any atom is -0.323 e. The van der Waals surface area contributed by atoms with Gasteiger partial charge >= 0.3 is 0 Å². The topological polar surface area (TPSA) is 97.9 Å². The van der Waals surface area contributed by atoms with Gasteiger partial charge in [0.05, 0.1) is 22.6 Å². The maximum Gasteiger partial charge on any atom is 0.259 e. The van der Waals surface area contributed by atoms with Crippen molar-refractivity contribution in [3.63, 3.8) is 0 Å². The van der Waals surface area contributed by atoms with Gasteiger partial charge in [0, 0.05) is 25.6 Å². The molecule has 2 rings (SSSR count). The number of nitrogen functional groups attached to an aromatic ring is 1. The molecule has 4 N–H and O–H groups in total. The summed E-state index contributed by atoms with van der Waals surface area (Å²) in [4.78, 5) is 16.1. The third kappa shape index (κ3) is 2.71. The van der Waals surface area contributed by atoms with Crippen LogP contribution in [0.25, 0.3) is 0 Å². The van der Waals surface area contributed by atoms with Gasteiger partial charge in [-0.15, -0.1) is 0 Å². The summed E-state index contributed by atoms with van der Waals surface area (Å²) in [5.41, 5.74) is 4.91. The fraction of sp³-hybridized carbons (Fsp3) is 0.250. The number of aromatic nitrogens is 3. The van der Waals surface area contributed by atoms with Crippen LogP contribution in [0.2, 0.25) is 0 Å². The number of pyridine rings is 1. The van der Waals surface area contributed by atoms with Gasteiger partial charge in [-0.1, -0.05) is 6.92 Å². The van der Waals surface area contributed by atoms with Crippen molar-refractivity contribution in [1.82, 2.24) is 14.8 Å². The van der Waals surface area contributed by atoms with Crippen LogP contribution in [0.1, 0.15) is 23.0 Å². The molecule has 100 valence electrons. The average Bonchev–Trinajstić information content (AvgIpc) is 2.78. The fourth-order valence-corrected chi connectivity index (χ4v) is 1.79. The lowest BCUT2D eigenvalue weighted by Gasteiger charge is -2.08. The Morgan fingerprint density at radius 3 is 2.95 bits per heavy atom. The predicted molar refractivity (Wildman–Crippen MR) is 72.6 cm³/mol. The van der Waals surface area contributed by atoms with E-state index < -0.39 is 0 Å². The van der Waals surface area contributed by atoms with Crippen molar-refractivity contribution < 1.29 is 4.79 Å². The Kier molecular flexibility index (Phi) is 3.76. The third-order valence-electron chi connectivity index (χ3n) is 2.71. The zero-order valence-corrected chi connectivity index (χ0v) is 10.8.